The monoisotopic (exact) mass is 360 g/mol. The van der Waals surface area contributed by atoms with Gasteiger partial charge in [0, 0.05) is 5.69 Å². The van der Waals surface area contributed by atoms with E-state index in [2.05, 4.69) is 20.9 Å². The van der Waals surface area contributed by atoms with Gasteiger partial charge in [0.1, 0.15) is 16.1 Å². The second-order valence-electron chi connectivity index (χ2n) is 6.27. The van der Waals surface area contributed by atoms with Crippen LogP contribution in [-0.2, 0) is 9.53 Å². The molecule has 0 aromatic carbocycles. The minimum atomic E-state index is -0.975. The van der Waals surface area contributed by atoms with Gasteiger partial charge in [-0.2, -0.15) is 0 Å². The van der Waals surface area contributed by atoms with Gasteiger partial charge in [0.2, 0.25) is 0 Å². The second kappa shape index (κ2) is 6.17. The predicted molar refractivity (Wildman–Crippen MR) is 83.5 cm³/mol. The summed E-state index contributed by atoms with van der Waals surface area (Å²) in [6.07, 6.45) is 0. The third-order valence-corrected chi connectivity index (χ3v) is 3.74. The predicted octanol–water partition coefficient (Wildman–Crippen LogP) is 2.15. The van der Waals surface area contributed by atoms with E-state index in [4.69, 9.17) is 4.74 Å². The highest BCUT2D eigenvalue weighted by atomic mass is 79.9. The topological polar surface area (TPSA) is 81.2 Å². The van der Waals surface area contributed by atoms with E-state index in [1.165, 1.54) is 0 Å². The fraction of sp³-hybridized carbons (Fsp3) is 0.643. The summed E-state index contributed by atoms with van der Waals surface area (Å²) in [5.74, 6) is -0.867. The van der Waals surface area contributed by atoms with Gasteiger partial charge in [-0.3, -0.25) is 4.79 Å². The van der Waals surface area contributed by atoms with Gasteiger partial charge < -0.3 is 9.72 Å². The van der Waals surface area contributed by atoms with E-state index in [9.17, 15) is 14.4 Å². The minimum absolute atomic E-state index is 0.233. The standard InChI is InChI=1S/C14H21BrN2O4/c1-7(2)10(12(19)21-14(4,5)6)17-11(18)9(15)8(3)16-13(17)20/h7,10H,1-6H3,(H,16,20). The van der Waals surface area contributed by atoms with Crippen LogP contribution in [0.25, 0.3) is 0 Å². The van der Waals surface area contributed by atoms with Crippen LogP contribution in [0.5, 0.6) is 0 Å². The smallest absolute Gasteiger partial charge is 0.330 e. The molecule has 0 amide bonds. The third-order valence-electron chi connectivity index (χ3n) is 2.81. The summed E-state index contributed by atoms with van der Waals surface area (Å²) in [6.45, 7) is 10.3. The van der Waals surface area contributed by atoms with Crippen LogP contribution in [-0.4, -0.2) is 21.1 Å². The number of halogens is 1. The number of nitrogens with zero attached hydrogens (tertiary/aromatic N) is 1. The Bertz CT molecular complexity index is 652. The van der Waals surface area contributed by atoms with E-state index in [-0.39, 0.29) is 10.4 Å². The van der Waals surface area contributed by atoms with Crippen LogP contribution in [0.3, 0.4) is 0 Å². The normalized spacial score (nSPS) is 13.3. The molecule has 0 aliphatic heterocycles. The lowest BCUT2D eigenvalue weighted by molar-refractivity contribution is -0.160. The molecule has 1 N–H and O–H groups in total. The molecule has 1 rings (SSSR count). The number of H-pyrrole nitrogens is 1. The van der Waals surface area contributed by atoms with E-state index < -0.39 is 28.9 Å². The van der Waals surface area contributed by atoms with Crippen LogP contribution in [0, 0.1) is 12.8 Å². The van der Waals surface area contributed by atoms with Gasteiger partial charge in [-0.25, -0.2) is 14.2 Å². The zero-order valence-electron chi connectivity index (χ0n) is 13.1. The van der Waals surface area contributed by atoms with E-state index in [1.807, 2.05) is 0 Å². The Labute approximate surface area is 131 Å². The van der Waals surface area contributed by atoms with Crippen LogP contribution in [0.4, 0.5) is 0 Å². The summed E-state index contributed by atoms with van der Waals surface area (Å²) in [5.41, 5.74) is -1.43. The zero-order chi connectivity index (χ0) is 16.5. The van der Waals surface area contributed by atoms with Crippen molar-refractivity contribution in [2.75, 3.05) is 0 Å². The highest BCUT2D eigenvalue weighted by molar-refractivity contribution is 9.10. The number of carbonyl (C=O) groups excluding carboxylic acids is 1. The van der Waals surface area contributed by atoms with Crippen molar-refractivity contribution in [1.29, 1.82) is 0 Å². The average molecular weight is 361 g/mol. The molecule has 0 saturated carbocycles. The lowest BCUT2D eigenvalue weighted by Crippen LogP contribution is -2.45. The first-order valence-electron chi connectivity index (χ1n) is 6.69. The lowest BCUT2D eigenvalue weighted by Gasteiger charge is -2.26. The van der Waals surface area contributed by atoms with E-state index in [0.717, 1.165) is 4.57 Å². The lowest BCUT2D eigenvalue weighted by atomic mass is 10.0. The van der Waals surface area contributed by atoms with Gasteiger partial charge in [0.05, 0.1) is 0 Å². The van der Waals surface area contributed by atoms with Crippen molar-refractivity contribution in [3.05, 3.63) is 31.0 Å². The molecule has 0 fully saturated rings. The van der Waals surface area contributed by atoms with Crippen molar-refractivity contribution in [3.8, 4) is 0 Å². The maximum absolute atomic E-state index is 12.4. The number of carbonyl (C=O) groups is 1. The minimum Gasteiger partial charge on any atom is -0.458 e. The van der Waals surface area contributed by atoms with Crippen molar-refractivity contribution >= 4 is 21.9 Å². The van der Waals surface area contributed by atoms with E-state index in [0.29, 0.717) is 5.69 Å². The Balaban J connectivity index is 3.45. The second-order valence-corrected chi connectivity index (χ2v) is 7.06. The molecule has 6 nitrogen and oxygen atoms in total. The molecule has 7 heteroatoms. The Morgan fingerprint density at radius 1 is 1.29 bits per heavy atom. The van der Waals surface area contributed by atoms with Gasteiger partial charge in [0.15, 0.2) is 0 Å². The van der Waals surface area contributed by atoms with Crippen LogP contribution in [0.1, 0.15) is 46.4 Å². The first kappa shape index (κ1) is 17.7. The molecule has 1 unspecified atom stereocenters. The summed E-state index contributed by atoms with van der Waals surface area (Å²) in [4.78, 5) is 39.3. The van der Waals surface area contributed by atoms with E-state index in [1.54, 1.807) is 41.5 Å². The number of rotatable bonds is 3. The van der Waals surface area contributed by atoms with Crippen LogP contribution >= 0.6 is 15.9 Å². The highest BCUT2D eigenvalue weighted by Crippen LogP contribution is 2.20. The summed E-state index contributed by atoms with van der Waals surface area (Å²) < 4.78 is 6.47. The molecule has 21 heavy (non-hydrogen) atoms. The molecule has 1 aromatic rings. The summed E-state index contributed by atoms with van der Waals surface area (Å²) in [6, 6.07) is -0.975. The molecule has 0 aliphatic rings. The van der Waals surface area contributed by atoms with Gasteiger partial charge in [-0.05, 0) is 49.5 Å². The summed E-state index contributed by atoms with van der Waals surface area (Å²) >= 11 is 3.14. The first-order valence-corrected chi connectivity index (χ1v) is 7.48. The van der Waals surface area contributed by atoms with Crippen LogP contribution in [0.15, 0.2) is 14.1 Å². The number of aromatic amines is 1. The Hall–Kier alpha value is -1.37. The molecule has 0 radical (unpaired) electrons. The van der Waals surface area contributed by atoms with Crippen LogP contribution < -0.4 is 11.2 Å². The highest BCUT2D eigenvalue weighted by Gasteiger charge is 2.32. The Morgan fingerprint density at radius 3 is 2.24 bits per heavy atom. The molecule has 118 valence electrons. The van der Waals surface area contributed by atoms with Gasteiger partial charge in [0.25, 0.3) is 5.56 Å². The zero-order valence-corrected chi connectivity index (χ0v) is 14.7. The molecule has 1 aromatic heterocycles. The first-order chi connectivity index (χ1) is 9.45. The SMILES string of the molecule is Cc1[nH]c(=O)n(C(C(=O)OC(C)(C)C)C(C)C)c(=O)c1Br. The van der Waals surface area contributed by atoms with Crippen molar-refractivity contribution in [2.45, 2.75) is 53.2 Å². The largest absolute Gasteiger partial charge is 0.458 e. The third kappa shape index (κ3) is 4.06. The van der Waals surface area contributed by atoms with Crippen molar-refractivity contribution in [1.82, 2.24) is 9.55 Å². The van der Waals surface area contributed by atoms with Gasteiger partial charge in [-0.1, -0.05) is 13.8 Å². The maximum atomic E-state index is 12.4. The number of esters is 1. The molecule has 1 heterocycles. The molecule has 0 spiro atoms. The molecular formula is C14H21BrN2O4. The number of nitrogens with one attached hydrogen (secondary N) is 1. The fourth-order valence-corrected chi connectivity index (χ4v) is 2.21. The van der Waals surface area contributed by atoms with Crippen molar-refractivity contribution in [2.24, 2.45) is 5.92 Å². The number of hydrogen-bond acceptors (Lipinski definition) is 4. The van der Waals surface area contributed by atoms with Crippen molar-refractivity contribution in [3.63, 3.8) is 0 Å². The summed E-state index contributed by atoms with van der Waals surface area (Å²) in [7, 11) is 0. The van der Waals surface area contributed by atoms with Crippen LogP contribution in [0.2, 0.25) is 0 Å². The number of ether oxygens (including phenoxy) is 1. The number of aromatic nitrogens is 2. The molecule has 1 atom stereocenters. The number of aryl methyl sites for hydroxylation is 1. The van der Waals surface area contributed by atoms with Gasteiger partial charge >= 0.3 is 11.7 Å². The molecule has 0 bridgehead atoms. The quantitative estimate of drug-likeness (QED) is 0.837. The molecule has 0 saturated heterocycles. The average Bonchev–Trinajstić information content (AvgIpc) is 2.28. The summed E-state index contributed by atoms with van der Waals surface area (Å²) in [5, 5.41) is 0. The number of hydrogen-bond donors (Lipinski definition) is 1. The van der Waals surface area contributed by atoms with Gasteiger partial charge in [-0.15, -0.1) is 0 Å². The van der Waals surface area contributed by atoms with E-state index >= 15 is 0 Å². The Morgan fingerprint density at radius 2 is 1.81 bits per heavy atom. The molecular weight excluding hydrogens is 340 g/mol. The molecule has 0 aliphatic carbocycles. The fourth-order valence-electron chi connectivity index (χ4n) is 1.92. The van der Waals surface area contributed by atoms with Crippen molar-refractivity contribution < 1.29 is 9.53 Å². The maximum Gasteiger partial charge on any atom is 0.330 e. The Kier molecular flexibility index (Phi) is 5.20.